The molecule has 0 saturated carbocycles. The third-order valence-electron chi connectivity index (χ3n) is 1.99. The van der Waals surface area contributed by atoms with Crippen LogP contribution in [0.2, 0.25) is 0 Å². The number of primary amides is 1. The van der Waals surface area contributed by atoms with Gasteiger partial charge in [0.2, 0.25) is 0 Å². The van der Waals surface area contributed by atoms with Crippen molar-refractivity contribution in [3.05, 3.63) is 29.6 Å². The first kappa shape index (κ1) is 7.79. The van der Waals surface area contributed by atoms with E-state index in [1.807, 2.05) is 19.1 Å². The molecule has 0 spiro atoms. The number of hydrogen-bond acceptors (Lipinski definition) is 2. The van der Waals surface area contributed by atoms with Crippen LogP contribution in [0.15, 0.2) is 18.3 Å². The molecule has 2 rings (SSSR count). The number of nitrogens with zero attached hydrogens (tertiary/aromatic N) is 1. The molecule has 0 aliphatic carbocycles. The van der Waals surface area contributed by atoms with E-state index in [2.05, 4.69) is 9.97 Å². The van der Waals surface area contributed by atoms with Crippen LogP contribution in [0.3, 0.4) is 0 Å². The van der Waals surface area contributed by atoms with Crippen LogP contribution < -0.4 is 5.73 Å². The van der Waals surface area contributed by atoms with Gasteiger partial charge < -0.3 is 10.7 Å². The Hall–Kier alpha value is -1.84. The third-order valence-corrected chi connectivity index (χ3v) is 1.99. The zero-order valence-corrected chi connectivity index (χ0v) is 7.16. The summed E-state index contributed by atoms with van der Waals surface area (Å²) in [7, 11) is 0. The molecule has 13 heavy (non-hydrogen) atoms. The van der Waals surface area contributed by atoms with Gasteiger partial charge in [0, 0.05) is 11.9 Å². The molecule has 0 unspecified atom stereocenters. The average Bonchev–Trinajstić information content (AvgIpc) is 2.39. The topological polar surface area (TPSA) is 71.8 Å². The zero-order chi connectivity index (χ0) is 9.42. The Morgan fingerprint density at radius 3 is 3.08 bits per heavy atom. The fourth-order valence-electron chi connectivity index (χ4n) is 1.45. The Bertz CT molecular complexity index is 473. The lowest BCUT2D eigenvalue weighted by molar-refractivity contribution is 0.100. The van der Waals surface area contributed by atoms with Crippen molar-refractivity contribution in [1.82, 2.24) is 9.97 Å². The minimum Gasteiger partial charge on any atom is -0.365 e. The van der Waals surface area contributed by atoms with Gasteiger partial charge in [-0.25, -0.2) is 0 Å². The molecule has 0 bridgehead atoms. The van der Waals surface area contributed by atoms with E-state index in [9.17, 15) is 4.79 Å². The Labute approximate surface area is 74.8 Å². The van der Waals surface area contributed by atoms with Gasteiger partial charge in [0.1, 0.15) is 5.52 Å². The zero-order valence-electron chi connectivity index (χ0n) is 7.16. The van der Waals surface area contributed by atoms with Crippen molar-refractivity contribution in [2.75, 3.05) is 0 Å². The fourth-order valence-corrected chi connectivity index (χ4v) is 1.45. The number of pyridine rings is 1. The van der Waals surface area contributed by atoms with E-state index in [0.29, 0.717) is 11.1 Å². The number of H-pyrrole nitrogens is 1. The van der Waals surface area contributed by atoms with E-state index in [0.717, 1.165) is 11.2 Å². The average molecular weight is 175 g/mol. The molecule has 2 aromatic heterocycles. The molecule has 4 heteroatoms. The maximum Gasteiger partial charge on any atom is 0.252 e. The molecule has 0 saturated heterocycles. The van der Waals surface area contributed by atoms with E-state index in [-0.39, 0.29) is 0 Å². The summed E-state index contributed by atoms with van der Waals surface area (Å²) < 4.78 is 0. The van der Waals surface area contributed by atoms with Crippen LogP contribution in [0.5, 0.6) is 0 Å². The maximum absolute atomic E-state index is 11.1. The summed E-state index contributed by atoms with van der Waals surface area (Å²) in [6.07, 6.45) is 1.64. The number of aromatic nitrogens is 2. The molecule has 0 aliphatic heterocycles. The minimum atomic E-state index is -0.442. The number of rotatable bonds is 1. The molecular weight excluding hydrogens is 166 g/mol. The van der Waals surface area contributed by atoms with Gasteiger partial charge in [-0.3, -0.25) is 9.78 Å². The first-order valence-corrected chi connectivity index (χ1v) is 3.93. The van der Waals surface area contributed by atoms with Gasteiger partial charge >= 0.3 is 0 Å². The molecular formula is C9H9N3O. The molecule has 66 valence electrons. The summed E-state index contributed by atoms with van der Waals surface area (Å²) in [5.74, 6) is -0.442. The highest BCUT2D eigenvalue weighted by atomic mass is 16.1. The van der Waals surface area contributed by atoms with E-state index in [1.54, 1.807) is 6.20 Å². The van der Waals surface area contributed by atoms with E-state index in [1.165, 1.54) is 0 Å². The van der Waals surface area contributed by atoms with E-state index in [4.69, 9.17) is 5.73 Å². The molecule has 0 radical (unpaired) electrons. The van der Waals surface area contributed by atoms with Crippen LogP contribution in [-0.4, -0.2) is 15.9 Å². The number of carbonyl (C=O) groups is 1. The fraction of sp³-hybridized carbons (Fsp3) is 0.111. The molecule has 2 aromatic rings. The van der Waals surface area contributed by atoms with Gasteiger partial charge in [-0.2, -0.15) is 0 Å². The molecule has 4 nitrogen and oxygen atoms in total. The summed E-state index contributed by atoms with van der Waals surface area (Å²) in [4.78, 5) is 18.2. The lowest BCUT2D eigenvalue weighted by Crippen LogP contribution is -2.11. The van der Waals surface area contributed by atoms with Gasteiger partial charge in [-0.05, 0) is 19.1 Å². The lowest BCUT2D eigenvalue weighted by Gasteiger charge is -1.91. The molecule has 1 amide bonds. The number of carbonyl (C=O) groups excluding carboxylic acids is 1. The lowest BCUT2D eigenvalue weighted by atomic mass is 10.2. The Morgan fingerprint density at radius 2 is 2.38 bits per heavy atom. The smallest absolute Gasteiger partial charge is 0.252 e. The van der Waals surface area contributed by atoms with Crippen molar-refractivity contribution in [3.8, 4) is 0 Å². The molecule has 0 aromatic carbocycles. The molecule has 0 atom stereocenters. The summed E-state index contributed by atoms with van der Waals surface area (Å²) >= 11 is 0. The van der Waals surface area contributed by atoms with Crippen LogP contribution in [0.25, 0.3) is 11.0 Å². The Morgan fingerprint density at radius 1 is 1.62 bits per heavy atom. The monoisotopic (exact) mass is 175 g/mol. The van der Waals surface area contributed by atoms with Crippen LogP contribution in [0.1, 0.15) is 16.1 Å². The normalized spacial score (nSPS) is 10.5. The number of amides is 1. The van der Waals surface area contributed by atoms with Crippen molar-refractivity contribution in [2.24, 2.45) is 5.73 Å². The largest absolute Gasteiger partial charge is 0.365 e. The summed E-state index contributed by atoms with van der Waals surface area (Å²) in [5, 5.41) is 0. The van der Waals surface area contributed by atoms with Crippen LogP contribution in [-0.2, 0) is 0 Å². The summed E-state index contributed by atoms with van der Waals surface area (Å²) in [6.45, 7) is 1.81. The van der Waals surface area contributed by atoms with Crippen molar-refractivity contribution < 1.29 is 4.79 Å². The van der Waals surface area contributed by atoms with Crippen LogP contribution in [0.4, 0.5) is 0 Å². The quantitative estimate of drug-likeness (QED) is 0.677. The predicted molar refractivity (Wildman–Crippen MR) is 49.3 cm³/mol. The molecule has 0 fully saturated rings. The Balaban J connectivity index is 2.86. The van der Waals surface area contributed by atoms with Crippen molar-refractivity contribution in [2.45, 2.75) is 6.92 Å². The van der Waals surface area contributed by atoms with E-state index >= 15 is 0 Å². The van der Waals surface area contributed by atoms with E-state index < -0.39 is 5.91 Å². The highest BCUT2D eigenvalue weighted by Gasteiger charge is 2.13. The second-order valence-corrected chi connectivity index (χ2v) is 2.89. The number of fused-ring (bicyclic) bond motifs is 1. The van der Waals surface area contributed by atoms with Crippen molar-refractivity contribution in [1.29, 1.82) is 0 Å². The van der Waals surface area contributed by atoms with Gasteiger partial charge in [-0.1, -0.05) is 0 Å². The highest BCUT2D eigenvalue weighted by Crippen LogP contribution is 2.18. The second-order valence-electron chi connectivity index (χ2n) is 2.89. The number of aryl methyl sites for hydroxylation is 1. The molecule has 3 N–H and O–H groups in total. The van der Waals surface area contributed by atoms with Crippen molar-refractivity contribution >= 4 is 16.9 Å². The number of hydrogen-bond donors (Lipinski definition) is 2. The number of nitrogens with two attached hydrogens (primary N) is 1. The molecule has 2 heterocycles. The SMILES string of the molecule is Cc1[nH]c2cccnc2c1C(N)=O. The first-order valence-electron chi connectivity index (χ1n) is 3.93. The predicted octanol–water partition coefficient (Wildman–Crippen LogP) is 0.970. The van der Waals surface area contributed by atoms with Gasteiger partial charge in [-0.15, -0.1) is 0 Å². The maximum atomic E-state index is 11.1. The van der Waals surface area contributed by atoms with Crippen molar-refractivity contribution in [3.63, 3.8) is 0 Å². The third kappa shape index (κ3) is 1.07. The Kier molecular flexibility index (Phi) is 1.55. The minimum absolute atomic E-state index is 0.442. The number of aromatic amines is 1. The van der Waals surface area contributed by atoms with Gasteiger partial charge in [0.25, 0.3) is 5.91 Å². The summed E-state index contributed by atoms with van der Waals surface area (Å²) in [5.41, 5.74) is 7.96. The second kappa shape index (κ2) is 2.58. The van der Waals surface area contributed by atoms with Crippen LogP contribution in [0, 0.1) is 6.92 Å². The highest BCUT2D eigenvalue weighted by molar-refractivity contribution is 6.05. The van der Waals surface area contributed by atoms with Gasteiger partial charge in [0.05, 0.1) is 11.1 Å². The number of nitrogens with one attached hydrogen (secondary N) is 1. The first-order chi connectivity index (χ1) is 6.20. The van der Waals surface area contributed by atoms with Gasteiger partial charge in [0.15, 0.2) is 0 Å². The summed E-state index contributed by atoms with van der Waals surface area (Å²) in [6, 6.07) is 3.67. The molecule has 0 aliphatic rings. The standard InChI is InChI=1S/C9H9N3O/c1-5-7(9(10)13)8-6(12-5)3-2-4-11-8/h2-4,12H,1H3,(H2,10,13). The van der Waals surface area contributed by atoms with Crippen LogP contribution >= 0.6 is 0 Å².